The Morgan fingerprint density at radius 1 is 1.29 bits per heavy atom. The van der Waals surface area contributed by atoms with Crippen molar-refractivity contribution in [1.82, 2.24) is 5.32 Å². The number of benzene rings is 1. The van der Waals surface area contributed by atoms with E-state index in [-0.39, 0.29) is 10.8 Å². The van der Waals surface area contributed by atoms with Crippen LogP contribution in [-0.4, -0.2) is 20.9 Å². The Balaban J connectivity index is 2.97. The zero-order valence-corrected chi connectivity index (χ0v) is 14.4. The molecular formula is C15H22ClNO3S. The van der Waals surface area contributed by atoms with Crippen molar-refractivity contribution in [3.8, 4) is 0 Å². The molecule has 1 aromatic carbocycles. The van der Waals surface area contributed by atoms with Gasteiger partial charge < -0.3 is 5.32 Å². The summed E-state index contributed by atoms with van der Waals surface area (Å²) in [5.74, 6) is 0.526. The van der Waals surface area contributed by atoms with Crippen molar-refractivity contribution in [2.75, 3.05) is 6.54 Å². The molecule has 0 saturated heterocycles. The molecule has 1 atom stereocenters. The molecule has 1 unspecified atom stereocenters. The zero-order chi connectivity index (χ0) is 16.2. The van der Waals surface area contributed by atoms with Crippen molar-refractivity contribution >= 4 is 25.6 Å². The predicted molar refractivity (Wildman–Crippen MR) is 85.2 cm³/mol. The van der Waals surface area contributed by atoms with E-state index >= 15 is 0 Å². The standard InChI is InChI=1S/C15H22ClNO3S/c1-5-12-6-7-13(8-14(12)21(16,19)20)15(18)17-9-11(4)10(2)3/h6-8,10-11H,5,9H2,1-4H3,(H,17,18). The number of hydrogen-bond donors (Lipinski definition) is 1. The van der Waals surface area contributed by atoms with Gasteiger partial charge in [0.05, 0.1) is 4.90 Å². The third-order valence-corrected chi connectivity index (χ3v) is 5.10. The number of rotatable bonds is 6. The minimum Gasteiger partial charge on any atom is -0.352 e. The van der Waals surface area contributed by atoms with Gasteiger partial charge in [-0.05, 0) is 36.0 Å². The summed E-state index contributed by atoms with van der Waals surface area (Å²) in [5, 5.41) is 2.82. The van der Waals surface area contributed by atoms with E-state index in [0.29, 0.717) is 35.9 Å². The maximum Gasteiger partial charge on any atom is 0.261 e. The van der Waals surface area contributed by atoms with E-state index in [9.17, 15) is 13.2 Å². The van der Waals surface area contributed by atoms with E-state index in [1.54, 1.807) is 12.1 Å². The van der Waals surface area contributed by atoms with Crippen LogP contribution in [0.2, 0.25) is 0 Å². The van der Waals surface area contributed by atoms with Gasteiger partial charge in [0.2, 0.25) is 0 Å². The van der Waals surface area contributed by atoms with Crippen LogP contribution >= 0.6 is 10.7 Å². The first kappa shape index (κ1) is 18.0. The van der Waals surface area contributed by atoms with E-state index in [4.69, 9.17) is 10.7 Å². The van der Waals surface area contributed by atoms with Crippen LogP contribution in [-0.2, 0) is 15.5 Å². The highest BCUT2D eigenvalue weighted by atomic mass is 35.7. The van der Waals surface area contributed by atoms with E-state index in [0.717, 1.165) is 0 Å². The van der Waals surface area contributed by atoms with Crippen LogP contribution in [0.3, 0.4) is 0 Å². The summed E-state index contributed by atoms with van der Waals surface area (Å²) in [5.41, 5.74) is 0.916. The average Bonchev–Trinajstić information content (AvgIpc) is 2.42. The summed E-state index contributed by atoms with van der Waals surface area (Å²) in [6, 6.07) is 4.60. The molecule has 0 aliphatic heterocycles. The lowest BCUT2D eigenvalue weighted by Crippen LogP contribution is -2.30. The SMILES string of the molecule is CCc1ccc(C(=O)NCC(C)C(C)C)cc1S(=O)(=O)Cl. The van der Waals surface area contributed by atoms with Crippen molar-refractivity contribution in [2.24, 2.45) is 11.8 Å². The Bertz CT molecular complexity index is 611. The van der Waals surface area contributed by atoms with Crippen LogP contribution in [0, 0.1) is 11.8 Å². The smallest absolute Gasteiger partial charge is 0.261 e. The van der Waals surface area contributed by atoms with E-state index in [1.165, 1.54) is 6.07 Å². The Morgan fingerprint density at radius 3 is 2.38 bits per heavy atom. The van der Waals surface area contributed by atoms with Gasteiger partial charge in [-0.2, -0.15) is 0 Å². The normalized spacial score (nSPS) is 13.2. The topological polar surface area (TPSA) is 63.2 Å². The Morgan fingerprint density at radius 2 is 1.90 bits per heavy atom. The van der Waals surface area contributed by atoms with Gasteiger partial charge in [-0.3, -0.25) is 4.79 Å². The monoisotopic (exact) mass is 331 g/mol. The van der Waals surface area contributed by atoms with Gasteiger partial charge in [-0.1, -0.05) is 33.8 Å². The molecule has 1 amide bonds. The highest BCUT2D eigenvalue weighted by Crippen LogP contribution is 2.22. The quantitative estimate of drug-likeness (QED) is 0.814. The van der Waals surface area contributed by atoms with Gasteiger partial charge in [0.15, 0.2) is 0 Å². The molecule has 1 aromatic rings. The summed E-state index contributed by atoms with van der Waals surface area (Å²) in [4.78, 5) is 12.1. The molecule has 0 bridgehead atoms. The minimum absolute atomic E-state index is 0.0104. The van der Waals surface area contributed by atoms with Gasteiger partial charge in [0, 0.05) is 22.8 Å². The van der Waals surface area contributed by atoms with Crippen LogP contribution in [0.4, 0.5) is 0 Å². The van der Waals surface area contributed by atoms with Crippen LogP contribution in [0.25, 0.3) is 0 Å². The maximum atomic E-state index is 12.1. The van der Waals surface area contributed by atoms with Crippen molar-refractivity contribution in [1.29, 1.82) is 0 Å². The molecule has 1 rings (SSSR count). The number of amides is 1. The number of halogens is 1. The molecule has 0 spiro atoms. The lowest BCUT2D eigenvalue weighted by molar-refractivity contribution is 0.0944. The highest BCUT2D eigenvalue weighted by molar-refractivity contribution is 8.13. The van der Waals surface area contributed by atoms with Crippen molar-refractivity contribution in [3.63, 3.8) is 0 Å². The molecule has 4 nitrogen and oxygen atoms in total. The van der Waals surface area contributed by atoms with Gasteiger partial charge in [-0.15, -0.1) is 0 Å². The maximum absolute atomic E-state index is 12.1. The highest BCUT2D eigenvalue weighted by Gasteiger charge is 2.18. The van der Waals surface area contributed by atoms with Gasteiger partial charge in [-0.25, -0.2) is 8.42 Å². The first-order chi connectivity index (χ1) is 9.66. The third-order valence-electron chi connectivity index (χ3n) is 3.70. The van der Waals surface area contributed by atoms with Crippen LogP contribution in [0.5, 0.6) is 0 Å². The van der Waals surface area contributed by atoms with Crippen molar-refractivity contribution < 1.29 is 13.2 Å². The molecule has 1 N–H and O–H groups in total. The Kier molecular flexibility index (Phi) is 6.23. The summed E-state index contributed by atoms with van der Waals surface area (Å²) < 4.78 is 23.2. The second-order valence-corrected chi connectivity index (χ2v) is 8.08. The van der Waals surface area contributed by atoms with Crippen LogP contribution < -0.4 is 5.32 Å². The lowest BCUT2D eigenvalue weighted by atomic mass is 9.98. The zero-order valence-electron chi connectivity index (χ0n) is 12.8. The molecule has 0 saturated carbocycles. The number of hydrogen-bond acceptors (Lipinski definition) is 3. The number of nitrogens with one attached hydrogen (secondary N) is 1. The largest absolute Gasteiger partial charge is 0.352 e. The first-order valence-electron chi connectivity index (χ1n) is 7.02. The molecule has 21 heavy (non-hydrogen) atoms. The number of carbonyl (C=O) groups is 1. The molecule has 6 heteroatoms. The van der Waals surface area contributed by atoms with Crippen molar-refractivity contribution in [3.05, 3.63) is 29.3 Å². The minimum atomic E-state index is -3.85. The fourth-order valence-corrected chi connectivity index (χ4v) is 3.03. The van der Waals surface area contributed by atoms with Gasteiger partial charge >= 0.3 is 0 Å². The Labute approximate surface area is 131 Å². The molecular weight excluding hydrogens is 310 g/mol. The Hall–Kier alpha value is -1.07. The fourth-order valence-electron chi connectivity index (χ4n) is 1.81. The summed E-state index contributed by atoms with van der Waals surface area (Å²) >= 11 is 0. The second kappa shape index (κ2) is 7.27. The molecule has 118 valence electrons. The molecule has 0 radical (unpaired) electrons. The summed E-state index contributed by atoms with van der Waals surface area (Å²) in [6.45, 7) is 8.62. The van der Waals surface area contributed by atoms with Crippen LogP contribution in [0.1, 0.15) is 43.6 Å². The molecule has 0 fully saturated rings. The molecule has 0 aliphatic rings. The third kappa shape index (κ3) is 5.00. The average molecular weight is 332 g/mol. The second-order valence-electron chi connectivity index (χ2n) is 5.55. The number of aryl methyl sites for hydroxylation is 1. The molecule has 0 aliphatic carbocycles. The summed E-state index contributed by atoms with van der Waals surface area (Å²) in [7, 11) is 1.57. The van der Waals surface area contributed by atoms with E-state index in [1.807, 2.05) is 6.92 Å². The summed E-state index contributed by atoms with van der Waals surface area (Å²) in [6.07, 6.45) is 0.535. The molecule has 0 heterocycles. The van der Waals surface area contributed by atoms with Gasteiger partial charge in [0.1, 0.15) is 0 Å². The van der Waals surface area contributed by atoms with Crippen LogP contribution in [0.15, 0.2) is 23.1 Å². The van der Waals surface area contributed by atoms with Crippen molar-refractivity contribution in [2.45, 2.75) is 39.0 Å². The predicted octanol–water partition coefficient (Wildman–Crippen LogP) is 3.20. The lowest BCUT2D eigenvalue weighted by Gasteiger charge is -2.16. The fraction of sp³-hybridized carbons (Fsp3) is 0.533. The van der Waals surface area contributed by atoms with Gasteiger partial charge in [0.25, 0.3) is 15.0 Å². The van der Waals surface area contributed by atoms with E-state index < -0.39 is 9.05 Å². The molecule has 0 aromatic heterocycles. The first-order valence-corrected chi connectivity index (χ1v) is 9.33. The van der Waals surface area contributed by atoms with E-state index in [2.05, 4.69) is 26.1 Å². The number of carbonyl (C=O) groups excluding carboxylic acids is 1.